The fourth-order valence-corrected chi connectivity index (χ4v) is 8.45. The van der Waals surface area contributed by atoms with Crippen LogP contribution in [-0.4, -0.2) is 37.2 Å². The standard InChI is InChI=1S/C55H106O6/c1-4-7-10-13-16-19-21-23-25-27-28-30-31-33-36-39-42-45-48-54(57)60-51-52(50-59-53(56)47-44-41-38-35-18-15-12-9-6-3)61-55(58)49-46-43-40-37-34-32-29-26-24-22-20-17-14-11-8-5-2/h52H,4-51H2,1-3H3. The third-order valence-electron chi connectivity index (χ3n) is 12.6. The van der Waals surface area contributed by atoms with Gasteiger partial charge in [0.25, 0.3) is 0 Å². The zero-order valence-corrected chi connectivity index (χ0v) is 41.5. The Balaban J connectivity index is 4.22. The Morgan fingerprint density at radius 1 is 0.262 bits per heavy atom. The van der Waals surface area contributed by atoms with Crippen LogP contribution in [0.2, 0.25) is 0 Å². The molecule has 0 aliphatic rings. The van der Waals surface area contributed by atoms with Crippen molar-refractivity contribution in [2.24, 2.45) is 0 Å². The van der Waals surface area contributed by atoms with Crippen LogP contribution in [0.5, 0.6) is 0 Å². The average Bonchev–Trinajstić information content (AvgIpc) is 3.26. The van der Waals surface area contributed by atoms with E-state index in [1.54, 1.807) is 0 Å². The first-order valence-electron chi connectivity index (χ1n) is 27.5. The molecule has 0 rings (SSSR count). The van der Waals surface area contributed by atoms with Crippen molar-refractivity contribution < 1.29 is 28.6 Å². The number of hydrogen-bond acceptors (Lipinski definition) is 6. The molecule has 0 radical (unpaired) electrons. The van der Waals surface area contributed by atoms with Gasteiger partial charge in [-0.3, -0.25) is 14.4 Å². The van der Waals surface area contributed by atoms with Gasteiger partial charge in [-0.05, 0) is 19.3 Å². The van der Waals surface area contributed by atoms with E-state index in [1.807, 2.05) is 0 Å². The number of esters is 3. The van der Waals surface area contributed by atoms with E-state index in [2.05, 4.69) is 20.8 Å². The molecule has 0 amide bonds. The topological polar surface area (TPSA) is 78.9 Å². The molecule has 362 valence electrons. The van der Waals surface area contributed by atoms with Crippen LogP contribution in [-0.2, 0) is 28.6 Å². The molecule has 0 N–H and O–H groups in total. The minimum Gasteiger partial charge on any atom is -0.462 e. The zero-order chi connectivity index (χ0) is 44.4. The molecule has 0 saturated heterocycles. The number of rotatable bonds is 51. The summed E-state index contributed by atoms with van der Waals surface area (Å²) in [5, 5.41) is 0. The largest absolute Gasteiger partial charge is 0.462 e. The molecule has 0 heterocycles. The smallest absolute Gasteiger partial charge is 0.306 e. The van der Waals surface area contributed by atoms with Crippen molar-refractivity contribution in [2.75, 3.05) is 13.2 Å². The van der Waals surface area contributed by atoms with Gasteiger partial charge in [-0.1, -0.05) is 278 Å². The Bertz CT molecular complexity index is 905. The number of hydrogen-bond donors (Lipinski definition) is 0. The van der Waals surface area contributed by atoms with Crippen molar-refractivity contribution >= 4 is 17.9 Å². The van der Waals surface area contributed by atoms with E-state index in [0.717, 1.165) is 57.8 Å². The Kier molecular flexibility index (Phi) is 49.7. The van der Waals surface area contributed by atoms with Crippen LogP contribution in [0, 0.1) is 0 Å². The lowest BCUT2D eigenvalue weighted by Crippen LogP contribution is -2.30. The van der Waals surface area contributed by atoms with Crippen LogP contribution in [0.3, 0.4) is 0 Å². The molecule has 0 aliphatic carbocycles. The van der Waals surface area contributed by atoms with E-state index >= 15 is 0 Å². The first-order chi connectivity index (χ1) is 30.0. The molecule has 6 heteroatoms. The molecule has 1 unspecified atom stereocenters. The lowest BCUT2D eigenvalue weighted by atomic mass is 10.0. The van der Waals surface area contributed by atoms with Crippen LogP contribution in [0.4, 0.5) is 0 Å². The first kappa shape index (κ1) is 59.4. The van der Waals surface area contributed by atoms with Crippen LogP contribution in [0.15, 0.2) is 0 Å². The monoisotopic (exact) mass is 863 g/mol. The molecule has 0 saturated carbocycles. The van der Waals surface area contributed by atoms with Crippen molar-refractivity contribution in [3.8, 4) is 0 Å². The lowest BCUT2D eigenvalue weighted by Gasteiger charge is -2.18. The Morgan fingerprint density at radius 2 is 0.443 bits per heavy atom. The maximum Gasteiger partial charge on any atom is 0.306 e. The summed E-state index contributed by atoms with van der Waals surface area (Å²) in [5.41, 5.74) is 0. The maximum atomic E-state index is 12.8. The van der Waals surface area contributed by atoms with Crippen molar-refractivity contribution in [1.82, 2.24) is 0 Å². The second-order valence-electron chi connectivity index (χ2n) is 18.9. The van der Waals surface area contributed by atoms with Gasteiger partial charge in [0.15, 0.2) is 6.10 Å². The van der Waals surface area contributed by atoms with Crippen LogP contribution >= 0.6 is 0 Å². The Morgan fingerprint density at radius 3 is 0.656 bits per heavy atom. The second kappa shape index (κ2) is 51.0. The van der Waals surface area contributed by atoms with Crippen molar-refractivity contribution in [3.05, 3.63) is 0 Å². The zero-order valence-electron chi connectivity index (χ0n) is 41.5. The number of carbonyl (C=O) groups is 3. The summed E-state index contributed by atoms with van der Waals surface area (Å²) in [6.07, 6.45) is 55.2. The molecule has 0 aromatic rings. The van der Waals surface area contributed by atoms with Crippen LogP contribution in [0.1, 0.15) is 316 Å². The summed E-state index contributed by atoms with van der Waals surface area (Å²) >= 11 is 0. The highest BCUT2D eigenvalue weighted by molar-refractivity contribution is 5.71. The summed E-state index contributed by atoms with van der Waals surface area (Å²) in [7, 11) is 0. The maximum absolute atomic E-state index is 12.8. The van der Waals surface area contributed by atoms with Gasteiger partial charge < -0.3 is 14.2 Å². The van der Waals surface area contributed by atoms with E-state index in [1.165, 1.54) is 218 Å². The summed E-state index contributed by atoms with van der Waals surface area (Å²) in [4.78, 5) is 37.9. The average molecular weight is 863 g/mol. The predicted molar refractivity (Wildman–Crippen MR) is 261 cm³/mol. The molecule has 6 nitrogen and oxygen atoms in total. The molecule has 0 spiro atoms. The predicted octanol–water partition coefficient (Wildman–Crippen LogP) is 18.0. The van der Waals surface area contributed by atoms with E-state index in [-0.39, 0.29) is 31.1 Å². The van der Waals surface area contributed by atoms with Gasteiger partial charge in [0.05, 0.1) is 0 Å². The summed E-state index contributed by atoms with van der Waals surface area (Å²) in [6.45, 7) is 6.68. The van der Waals surface area contributed by atoms with E-state index < -0.39 is 6.10 Å². The highest BCUT2D eigenvalue weighted by Gasteiger charge is 2.19. The van der Waals surface area contributed by atoms with Crippen molar-refractivity contribution in [1.29, 1.82) is 0 Å². The van der Waals surface area contributed by atoms with E-state index in [4.69, 9.17) is 14.2 Å². The third kappa shape index (κ3) is 49.3. The number of ether oxygens (including phenoxy) is 3. The fourth-order valence-electron chi connectivity index (χ4n) is 8.45. The highest BCUT2D eigenvalue weighted by atomic mass is 16.6. The molecule has 0 aliphatic heterocycles. The number of carbonyl (C=O) groups excluding carboxylic acids is 3. The summed E-state index contributed by atoms with van der Waals surface area (Å²) in [5.74, 6) is -0.840. The van der Waals surface area contributed by atoms with Crippen LogP contribution < -0.4 is 0 Å². The van der Waals surface area contributed by atoms with Crippen molar-refractivity contribution in [2.45, 2.75) is 322 Å². The summed E-state index contributed by atoms with van der Waals surface area (Å²) in [6, 6.07) is 0. The van der Waals surface area contributed by atoms with Gasteiger partial charge in [0.1, 0.15) is 13.2 Å². The van der Waals surface area contributed by atoms with Gasteiger partial charge in [-0.15, -0.1) is 0 Å². The number of unbranched alkanes of at least 4 members (excludes halogenated alkanes) is 40. The van der Waals surface area contributed by atoms with Gasteiger partial charge in [-0.25, -0.2) is 0 Å². The Labute approximate surface area is 380 Å². The highest BCUT2D eigenvalue weighted by Crippen LogP contribution is 2.17. The molecule has 0 aromatic heterocycles. The minimum absolute atomic E-state index is 0.0616. The third-order valence-corrected chi connectivity index (χ3v) is 12.6. The van der Waals surface area contributed by atoms with Crippen molar-refractivity contribution in [3.63, 3.8) is 0 Å². The minimum atomic E-state index is -0.759. The van der Waals surface area contributed by atoms with Gasteiger partial charge in [-0.2, -0.15) is 0 Å². The molecule has 0 bridgehead atoms. The molecule has 1 atom stereocenters. The molecule has 0 fully saturated rings. The van der Waals surface area contributed by atoms with E-state index in [0.29, 0.717) is 19.3 Å². The molecule has 61 heavy (non-hydrogen) atoms. The molecular weight excluding hydrogens is 757 g/mol. The molecular formula is C55H106O6. The lowest BCUT2D eigenvalue weighted by molar-refractivity contribution is -0.167. The quantitative estimate of drug-likeness (QED) is 0.0344. The Hall–Kier alpha value is -1.59. The van der Waals surface area contributed by atoms with E-state index in [9.17, 15) is 14.4 Å². The normalized spacial score (nSPS) is 11.9. The van der Waals surface area contributed by atoms with Gasteiger partial charge in [0, 0.05) is 19.3 Å². The van der Waals surface area contributed by atoms with Gasteiger partial charge >= 0.3 is 17.9 Å². The second-order valence-corrected chi connectivity index (χ2v) is 18.9. The first-order valence-corrected chi connectivity index (χ1v) is 27.5. The summed E-state index contributed by atoms with van der Waals surface area (Å²) < 4.78 is 16.8. The SMILES string of the molecule is CCCCCCCCCCCCCCCCCCCCC(=O)OCC(COC(=O)CCCCCCCCCCC)OC(=O)CCCCCCCCCCCCCCCCCC. The fraction of sp³-hybridized carbons (Fsp3) is 0.945. The van der Waals surface area contributed by atoms with Gasteiger partial charge in [0.2, 0.25) is 0 Å². The van der Waals surface area contributed by atoms with Crippen LogP contribution in [0.25, 0.3) is 0 Å². The molecule has 0 aromatic carbocycles.